The molecule has 0 radical (unpaired) electrons. The normalized spacial score (nSPS) is 9.96. The van der Waals surface area contributed by atoms with Crippen molar-refractivity contribution in [3.8, 4) is 34.8 Å². The maximum Gasteiger partial charge on any atom is 0.268 e. The van der Waals surface area contributed by atoms with Crippen molar-refractivity contribution in [1.29, 1.82) is 10.5 Å². The summed E-state index contributed by atoms with van der Waals surface area (Å²) in [4.78, 5) is 14.5. The van der Waals surface area contributed by atoms with Gasteiger partial charge in [-0.2, -0.15) is 10.5 Å². The van der Waals surface area contributed by atoms with Crippen LogP contribution in [0.2, 0.25) is 0 Å². The average molecular weight is 372 g/mol. The number of aromatic amines is 1. The van der Waals surface area contributed by atoms with Crippen LogP contribution >= 0.6 is 0 Å². The fourth-order valence-corrected chi connectivity index (χ4v) is 2.83. The highest BCUT2D eigenvalue weighted by atomic mass is 16.5. The van der Waals surface area contributed by atoms with E-state index < -0.39 is 5.56 Å². The number of hydrogen-bond donors (Lipinski definition) is 2. The Morgan fingerprint density at radius 2 is 1.79 bits per heavy atom. The van der Waals surface area contributed by atoms with Crippen LogP contribution in [-0.4, -0.2) is 12.1 Å². The molecule has 0 aliphatic rings. The molecule has 0 unspecified atom stereocenters. The molecule has 0 atom stereocenters. The van der Waals surface area contributed by atoms with E-state index in [0.717, 1.165) is 5.56 Å². The minimum absolute atomic E-state index is 0.00495. The summed E-state index contributed by atoms with van der Waals surface area (Å²) in [6.07, 6.45) is 0. The van der Waals surface area contributed by atoms with E-state index in [4.69, 9.17) is 15.2 Å². The second-order valence-corrected chi connectivity index (χ2v) is 5.85. The van der Waals surface area contributed by atoms with Crippen molar-refractivity contribution in [3.63, 3.8) is 0 Å². The number of rotatable bonds is 5. The molecule has 2 aromatic carbocycles. The van der Waals surface area contributed by atoms with Gasteiger partial charge in [0.25, 0.3) is 5.56 Å². The summed E-state index contributed by atoms with van der Waals surface area (Å²) in [5, 5.41) is 19.0. The maximum atomic E-state index is 12.2. The van der Waals surface area contributed by atoms with Crippen molar-refractivity contribution in [2.75, 3.05) is 12.8 Å². The summed E-state index contributed by atoms with van der Waals surface area (Å²) in [5.74, 6) is 0.760. The van der Waals surface area contributed by atoms with E-state index in [2.05, 4.69) is 4.98 Å². The number of nitrogen functional groups attached to an aromatic ring is 1. The zero-order valence-corrected chi connectivity index (χ0v) is 15.0. The van der Waals surface area contributed by atoms with Crippen molar-refractivity contribution in [2.45, 2.75) is 6.61 Å². The van der Waals surface area contributed by atoms with Gasteiger partial charge in [0.05, 0.1) is 7.11 Å². The summed E-state index contributed by atoms with van der Waals surface area (Å²) in [6, 6.07) is 18.4. The summed E-state index contributed by atoms with van der Waals surface area (Å²) in [5.41, 5.74) is 6.38. The smallest absolute Gasteiger partial charge is 0.268 e. The zero-order chi connectivity index (χ0) is 20.1. The van der Waals surface area contributed by atoms with Gasteiger partial charge in [-0.15, -0.1) is 0 Å². The van der Waals surface area contributed by atoms with Crippen LogP contribution in [0.1, 0.15) is 16.7 Å². The first-order chi connectivity index (χ1) is 13.6. The number of hydrogen-bond acceptors (Lipinski definition) is 6. The Morgan fingerprint density at radius 1 is 1.07 bits per heavy atom. The van der Waals surface area contributed by atoms with Crippen molar-refractivity contribution >= 4 is 5.82 Å². The number of nitrogens with zero attached hydrogens (tertiary/aromatic N) is 2. The highest BCUT2D eigenvalue weighted by Gasteiger charge is 2.21. The first-order valence-electron chi connectivity index (χ1n) is 8.30. The Kier molecular flexibility index (Phi) is 5.29. The van der Waals surface area contributed by atoms with Gasteiger partial charge in [-0.3, -0.25) is 4.79 Å². The largest absolute Gasteiger partial charge is 0.496 e. The van der Waals surface area contributed by atoms with Gasteiger partial charge in [-0.25, -0.2) is 0 Å². The number of H-pyrrole nitrogens is 1. The molecule has 3 aromatic rings. The number of methoxy groups -OCH3 is 1. The second kappa shape index (κ2) is 7.98. The number of anilines is 1. The predicted molar refractivity (Wildman–Crippen MR) is 104 cm³/mol. The van der Waals surface area contributed by atoms with Gasteiger partial charge in [0.15, 0.2) is 0 Å². The quantitative estimate of drug-likeness (QED) is 0.709. The molecule has 3 N–H and O–H groups in total. The van der Waals surface area contributed by atoms with Gasteiger partial charge in [-0.1, -0.05) is 30.3 Å². The Labute approximate surface area is 161 Å². The lowest BCUT2D eigenvalue weighted by atomic mass is 9.95. The van der Waals surface area contributed by atoms with Gasteiger partial charge in [0, 0.05) is 11.1 Å². The van der Waals surface area contributed by atoms with Crippen molar-refractivity contribution in [2.24, 2.45) is 0 Å². The van der Waals surface area contributed by atoms with E-state index in [1.54, 1.807) is 18.2 Å². The number of aromatic nitrogens is 1. The van der Waals surface area contributed by atoms with Crippen LogP contribution in [0.25, 0.3) is 11.1 Å². The van der Waals surface area contributed by atoms with E-state index in [1.165, 1.54) is 7.11 Å². The molecule has 7 nitrogen and oxygen atoms in total. The van der Waals surface area contributed by atoms with Crippen LogP contribution in [0.5, 0.6) is 11.5 Å². The van der Waals surface area contributed by atoms with E-state index in [-0.39, 0.29) is 22.5 Å². The van der Waals surface area contributed by atoms with Crippen molar-refractivity contribution in [3.05, 3.63) is 75.6 Å². The van der Waals surface area contributed by atoms with Crippen LogP contribution in [0.15, 0.2) is 53.3 Å². The van der Waals surface area contributed by atoms with Crippen LogP contribution < -0.4 is 20.8 Å². The van der Waals surface area contributed by atoms with E-state index in [9.17, 15) is 15.3 Å². The first-order valence-corrected chi connectivity index (χ1v) is 8.30. The van der Waals surface area contributed by atoms with Gasteiger partial charge < -0.3 is 20.2 Å². The molecule has 0 fully saturated rings. The van der Waals surface area contributed by atoms with E-state index in [1.807, 2.05) is 42.5 Å². The number of pyridine rings is 1. The Hall–Kier alpha value is -4.23. The highest BCUT2D eigenvalue weighted by Crippen LogP contribution is 2.37. The molecule has 7 heteroatoms. The Balaban J connectivity index is 2.13. The molecule has 0 aliphatic carbocycles. The first kappa shape index (κ1) is 18.6. The van der Waals surface area contributed by atoms with Gasteiger partial charge in [-0.05, 0) is 23.8 Å². The summed E-state index contributed by atoms with van der Waals surface area (Å²) >= 11 is 0. The molecule has 138 valence electrons. The number of ether oxygens (including phenoxy) is 2. The van der Waals surface area contributed by atoms with Gasteiger partial charge in [0.1, 0.15) is 47.2 Å². The standard InChI is InChI=1S/C21H16N4O3/c1-27-18-8-7-14(28-12-13-5-3-2-4-6-13)9-15(18)19-16(10-22)20(24)25-21(26)17(19)11-23/h2-9H,12H2,1H3,(H3,24,25,26). The van der Waals surface area contributed by atoms with Gasteiger partial charge in [0.2, 0.25) is 0 Å². The fraction of sp³-hybridized carbons (Fsp3) is 0.0952. The minimum atomic E-state index is -0.674. The van der Waals surface area contributed by atoms with Crippen LogP contribution in [-0.2, 0) is 6.61 Å². The molecule has 0 saturated carbocycles. The lowest BCUT2D eigenvalue weighted by Gasteiger charge is -2.15. The molecule has 1 aromatic heterocycles. The van der Waals surface area contributed by atoms with E-state index >= 15 is 0 Å². The Morgan fingerprint density at radius 3 is 2.43 bits per heavy atom. The molecular formula is C21H16N4O3. The predicted octanol–water partition coefficient (Wildman–Crippen LogP) is 2.96. The molecule has 0 saturated heterocycles. The summed E-state index contributed by atoms with van der Waals surface area (Å²) in [6.45, 7) is 0.334. The topological polar surface area (TPSA) is 125 Å². The monoisotopic (exact) mass is 372 g/mol. The average Bonchev–Trinajstić information content (AvgIpc) is 2.72. The SMILES string of the molecule is COc1ccc(OCc2ccccc2)cc1-c1c(C#N)c(N)[nH]c(=O)c1C#N. The van der Waals surface area contributed by atoms with Crippen molar-refractivity contribution in [1.82, 2.24) is 4.98 Å². The number of nitrogens with two attached hydrogens (primary N) is 1. The molecule has 28 heavy (non-hydrogen) atoms. The number of nitriles is 2. The van der Waals surface area contributed by atoms with E-state index in [0.29, 0.717) is 23.7 Å². The highest BCUT2D eigenvalue weighted by molar-refractivity contribution is 5.84. The fourth-order valence-electron chi connectivity index (χ4n) is 2.83. The van der Waals surface area contributed by atoms with Gasteiger partial charge >= 0.3 is 0 Å². The molecule has 0 amide bonds. The third-order valence-corrected chi connectivity index (χ3v) is 4.16. The van der Waals surface area contributed by atoms with Crippen LogP contribution in [0.3, 0.4) is 0 Å². The third-order valence-electron chi connectivity index (χ3n) is 4.16. The number of nitrogens with one attached hydrogen (secondary N) is 1. The van der Waals surface area contributed by atoms with Crippen molar-refractivity contribution < 1.29 is 9.47 Å². The number of benzene rings is 2. The van der Waals surface area contributed by atoms with Crippen LogP contribution in [0.4, 0.5) is 5.82 Å². The molecule has 0 bridgehead atoms. The minimum Gasteiger partial charge on any atom is -0.496 e. The molecule has 1 heterocycles. The lowest BCUT2D eigenvalue weighted by molar-refractivity contribution is 0.305. The maximum absolute atomic E-state index is 12.2. The zero-order valence-electron chi connectivity index (χ0n) is 15.0. The second-order valence-electron chi connectivity index (χ2n) is 5.85. The Bertz CT molecular complexity index is 1160. The molecular weight excluding hydrogens is 356 g/mol. The van der Waals surface area contributed by atoms with Crippen LogP contribution in [0, 0.1) is 22.7 Å². The lowest BCUT2D eigenvalue weighted by Crippen LogP contribution is -2.16. The summed E-state index contributed by atoms with van der Waals surface area (Å²) < 4.78 is 11.2. The molecule has 0 spiro atoms. The molecule has 0 aliphatic heterocycles. The molecule has 3 rings (SSSR count). The third kappa shape index (κ3) is 3.50. The summed E-state index contributed by atoms with van der Waals surface area (Å²) in [7, 11) is 1.46.